The van der Waals surface area contributed by atoms with E-state index in [-0.39, 0.29) is 35.6 Å². The fourth-order valence-electron chi connectivity index (χ4n) is 4.63. The number of fused-ring (bicyclic) bond motifs is 1. The Morgan fingerprint density at radius 3 is 2.53 bits per heavy atom. The number of hydrogen-bond donors (Lipinski definition) is 2. The van der Waals surface area contributed by atoms with E-state index in [1.807, 2.05) is 25.1 Å². The van der Waals surface area contributed by atoms with Crippen LogP contribution in [0.2, 0.25) is 0 Å². The van der Waals surface area contributed by atoms with Gasteiger partial charge in [-0.2, -0.15) is 0 Å². The van der Waals surface area contributed by atoms with Gasteiger partial charge in [-0.15, -0.1) is 0 Å². The Kier molecular flexibility index (Phi) is 7.63. The molecule has 2 heterocycles. The van der Waals surface area contributed by atoms with Gasteiger partial charge in [-0.3, -0.25) is 9.59 Å². The third kappa shape index (κ3) is 6.01. The fourth-order valence-corrected chi connectivity index (χ4v) is 5.72. The van der Waals surface area contributed by atoms with Gasteiger partial charge in [0, 0.05) is 38.2 Å². The molecule has 9 heteroatoms. The number of rotatable bonds is 7. The highest BCUT2D eigenvalue weighted by atomic mass is 32.2. The van der Waals surface area contributed by atoms with Crippen molar-refractivity contribution < 1.29 is 18.0 Å². The van der Waals surface area contributed by atoms with Crippen molar-refractivity contribution in [3.05, 3.63) is 53.2 Å². The summed E-state index contributed by atoms with van der Waals surface area (Å²) in [4.78, 5) is 31.3. The highest BCUT2D eigenvalue weighted by Gasteiger charge is 2.27. The van der Waals surface area contributed by atoms with E-state index in [2.05, 4.69) is 15.0 Å². The molecule has 2 aromatic rings. The minimum absolute atomic E-state index is 0.0533. The molecule has 34 heavy (non-hydrogen) atoms. The third-order valence-electron chi connectivity index (χ3n) is 6.65. The molecule has 2 aliphatic rings. The molecule has 182 valence electrons. The van der Waals surface area contributed by atoms with Crippen molar-refractivity contribution >= 4 is 27.7 Å². The lowest BCUT2D eigenvalue weighted by molar-refractivity contribution is -0.134. The predicted octanol–water partition coefficient (Wildman–Crippen LogP) is 2.81. The number of likely N-dealkylation sites (tertiary alicyclic amines) is 1. The Morgan fingerprint density at radius 2 is 1.79 bits per heavy atom. The summed E-state index contributed by atoms with van der Waals surface area (Å²) in [6.07, 6.45) is 7.03. The molecular weight excluding hydrogens is 452 g/mol. The van der Waals surface area contributed by atoms with Crippen LogP contribution in [0, 0.1) is 12.8 Å². The molecule has 1 aromatic carbocycles. The molecule has 2 N–H and O–H groups in total. The van der Waals surface area contributed by atoms with Gasteiger partial charge in [0.2, 0.25) is 21.8 Å². The van der Waals surface area contributed by atoms with E-state index in [9.17, 15) is 18.0 Å². The molecule has 4 rings (SSSR count). The Labute approximate surface area is 201 Å². The van der Waals surface area contributed by atoms with Gasteiger partial charge in [-0.1, -0.05) is 6.07 Å². The smallest absolute Gasteiger partial charge is 0.240 e. The van der Waals surface area contributed by atoms with Gasteiger partial charge in [-0.25, -0.2) is 18.1 Å². The molecule has 1 fully saturated rings. The number of amides is 2. The summed E-state index contributed by atoms with van der Waals surface area (Å²) < 4.78 is 27.9. The van der Waals surface area contributed by atoms with Crippen LogP contribution in [-0.4, -0.2) is 49.8 Å². The SMILES string of the molecule is Cc1ccnc(NC(=O)C2CCN(C(=O)CCNS(=O)(=O)c3ccc4c(c3)CCCC4)CC2)c1. The van der Waals surface area contributed by atoms with Crippen molar-refractivity contribution in [2.75, 3.05) is 25.0 Å². The van der Waals surface area contributed by atoms with E-state index in [4.69, 9.17) is 0 Å². The van der Waals surface area contributed by atoms with E-state index >= 15 is 0 Å². The minimum atomic E-state index is -3.65. The lowest BCUT2D eigenvalue weighted by Crippen LogP contribution is -2.42. The first-order valence-electron chi connectivity index (χ1n) is 11.9. The zero-order chi connectivity index (χ0) is 24.1. The predicted molar refractivity (Wildman–Crippen MR) is 130 cm³/mol. The van der Waals surface area contributed by atoms with E-state index in [0.717, 1.165) is 36.8 Å². The molecule has 0 spiro atoms. The maximum atomic E-state index is 12.7. The summed E-state index contributed by atoms with van der Waals surface area (Å²) in [7, 11) is -3.65. The number of sulfonamides is 1. The van der Waals surface area contributed by atoms with Gasteiger partial charge in [0.05, 0.1) is 4.90 Å². The first-order chi connectivity index (χ1) is 16.3. The average molecular weight is 485 g/mol. The standard InChI is InChI=1S/C25H32N4O4S/c1-18-8-12-26-23(16-18)28-25(31)20-10-14-29(15-11-20)24(30)9-13-27-34(32,33)22-7-6-19-4-2-3-5-21(19)17-22/h6-8,12,16-17,20,27H,2-5,9-11,13-15H2,1H3,(H,26,28,31). The molecule has 0 saturated carbocycles. The van der Waals surface area contributed by atoms with Gasteiger partial charge >= 0.3 is 0 Å². The average Bonchev–Trinajstić information content (AvgIpc) is 2.83. The zero-order valence-electron chi connectivity index (χ0n) is 19.5. The summed E-state index contributed by atoms with van der Waals surface area (Å²) in [6, 6.07) is 9.01. The van der Waals surface area contributed by atoms with Crippen molar-refractivity contribution in [2.45, 2.75) is 56.8 Å². The summed E-state index contributed by atoms with van der Waals surface area (Å²) in [5, 5.41) is 2.85. The number of benzene rings is 1. The van der Waals surface area contributed by atoms with Crippen molar-refractivity contribution in [3.8, 4) is 0 Å². The highest BCUT2D eigenvalue weighted by Crippen LogP contribution is 2.24. The van der Waals surface area contributed by atoms with Crippen LogP contribution in [0.4, 0.5) is 5.82 Å². The second-order valence-electron chi connectivity index (χ2n) is 9.15. The Balaban J connectivity index is 1.22. The quantitative estimate of drug-likeness (QED) is 0.628. The largest absolute Gasteiger partial charge is 0.343 e. The highest BCUT2D eigenvalue weighted by molar-refractivity contribution is 7.89. The van der Waals surface area contributed by atoms with Crippen LogP contribution in [0.5, 0.6) is 0 Å². The third-order valence-corrected chi connectivity index (χ3v) is 8.11. The maximum Gasteiger partial charge on any atom is 0.240 e. The number of hydrogen-bond acceptors (Lipinski definition) is 5. The first-order valence-corrected chi connectivity index (χ1v) is 13.4. The number of nitrogens with one attached hydrogen (secondary N) is 2. The van der Waals surface area contributed by atoms with Gasteiger partial charge < -0.3 is 10.2 Å². The van der Waals surface area contributed by atoms with Crippen LogP contribution in [0.25, 0.3) is 0 Å². The summed E-state index contributed by atoms with van der Waals surface area (Å²) in [5.41, 5.74) is 3.36. The number of pyridine rings is 1. The van der Waals surface area contributed by atoms with Gasteiger partial charge in [-0.05, 0) is 86.4 Å². The van der Waals surface area contributed by atoms with Crippen molar-refractivity contribution in [2.24, 2.45) is 5.92 Å². The fraction of sp³-hybridized carbons (Fsp3) is 0.480. The molecule has 0 radical (unpaired) electrons. The maximum absolute atomic E-state index is 12.7. The molecule has 1 saturated heterocycles. The second kappa shape index (κ2) is 10.7. The Hall–Kier alpha value is -2.78. The second-order valence-corrected chi connectivity index (χ2v) is 10.9. The normalized spacial score (nSPS) is 16.7. The van der Waals surface area contributed by atoms with Crippen LogP contribution in [0.1, 0.15) is 48.8 Å². The number of anilines is 1. The number of aryl methyl sites for hydroxylation is 3. The first kappa shape index (κ1) is 24.3. The number of nitrogens with zero attached hydrogens (tertiary/aromatic N) is 2. The van der Waals surface area contributed by atoms with Crippen LogP contribution in [0.3, 0.4) is 0 Å². The van der Waals surface area contributed by atoms with E-state index in [0.29, 0.717) is 31.7 Å². The number of piperidine rings is 1. The van der Waals surface area contributed by atoms with Crippen LogP contribution < -0.4 is 10.0 Å². The van der Waals surface area contributed by atoms with Crippen LogP contribution in [-0.2, 0) is 32.5 Å². The van der Waals surface area contributed by atoms with Gasteiger partial charge in [0.1, 0.15) is 5.82 Å². The van der Waals surface area contributed by atoms with Gasteiger partial charge in [0.15, 0.2) is 0 Å². The van der Waals surface area contributed by atoms with E-state index in [1.54, 1.807) is 23.2 Å². The Bertz CT molecular complexity index is 1160. The Morgan fingerprint density at radius 1 is 1.06 bits per heavy atom. The molecule has 0 atom stereocenters. The molecule has 0 bridgehead atoms. The molecule has 1 aromatic heterocycles. The number of carbonyl (C=O) groups is 2. The van der Waals surface area contributed by atoms with E-state index in [1.165, 1.54) is 5.56 Å². The lowest BCUT2D eigenvalue weighted by Gasteiger charge is -2.31. The van der Waals surface area contributed by atoms with Crippen LogP contribution in [0.15, 0.2) is 41.4 Å². The molecule has 1 aliphatic heterocycles. The monoisotopic (exact) mass is 484 g/mol. The minimum Gasteiger partial charge on any atom is -0.343 e. The molecular formula is C25H32N4O4S. The summed E-state index contributed by atoms with van der Waals surface area (Å²) in [6.45, 7) is 2.96. The lowest BCUT2D eigenvalue weighted by atomic mass is 9.92. The van der Waals surface area contributed by atoms with Crippen molar-refractivity contribution in [3.63, 3.8) is 0 Å². The van der Waals surface area contributed by atoms with Gasteiger partial charge in [0.25, 0.3) is 0 Å². The molecule has 8 nitrogen and oxygen atoms in total. The molecule has 1 aliphatic carbocycles. The van der Waals surface area contributed by atoms with Crippen molar-refractivity contribution in [1.82, 2.24) is 14.6 Å². The molecule has 2 amide bonds. The zero-order valence-corrected chi connectivity index (χ0v) is 20.4. The number of carbonyl (C=O) groups excluding carboxylic acids is 2. The van der Waals surface area contributed by atoms with Crippen LogP contribution >= 0.6 is 0 Å². The molecule has 0 unspecified atom stereocenters. The van der Waals surface area contributed by atoms with E-state index < -0.39 is 10.0 Å². The number of aromatic nitrogens is 1. The van der Waals surface area contributed by atoms with Crippen molar-refractivity contribution in [1.29, 1.82) is 0 Å². The summed E-state index contributed by atoms with van der Waals surface area (Å²) >= 11 is 0. The topological polar surface area (TPSA) is 108 Å². The summed E-state index contributed by atoms with van der Waals surface area (Å²) in [5.74, 6) is 0.180.